The molecule has 6 nitrogen and oxygen atoms in total. The molecule has 4 aliphatic carbocycles. The highest BCUT2D eigenvalue weighted by atomic mass is 16.6. The van der Waals surface area contributed by atoms with Gasteiger partial charge in [0.15, 0.2) is 0 Å². The van der Waals surface area contributed by atoms with Crippen molar-refractivity contribution >= 4 is 5.97 Å². The summed E-state index contributed by atoms with van der Waals surface area (Å²) in [7, 11) is 0. The second-order valence-corrected chi connectivity index (χ2v) is 11.2. The Morgan fingerprint density at radius 3 is 2.06 bits per heavy atom. The van der Waals surface area contributed by atoms with E-state index in [9.17, 15) is 20.1 Å². The Labute approximate surface area is 201 Å². The largest absolute Gasteiger partial charge is 0.508 e. The van der Waals surface area contributed by atoms with Crippen molar-refractivity contribution in [3.8, 4) is 23.2 Å². The molecule has 1 aromatic heterocycles. The zero-order chi connectivity index (χ0) is 24.4. The maximum absolute atomic E-state index is 14.0. The van der Waals surface area contributed by atoms with Crippen LogP contribution in [0.2, 0.25) is 0 Å². The first-order valence-electron chi connectivity index (χ1n) is 12.8. The molecule has 4 fully saturated rings. The van der Waals surface area contributed by atoms with E-state index in [1.807, 2.05) is 13.8 Å². The summed E-state index contributed by atoms with van der Waals surface area (Å²) in [5.74, 6) is 1.89. The monoisotopic (exact) mass is 467 g/mol. The third-order valence-electron chi connectivity index (χ3n) is 9.53. The fourth-order valence-electron chi connectivity index (χ4n) is 7.67. The predicted octanol–water partition coefficient (Wildman–Crippen LogP) is 5.72. The number of rotatable bonds is 6. The van der Waals surface area contributed by atoms with Gasteiger partial charge >= 0.3 is 5.97 Å². The molecule has 2 aromatic rings. The Kier molecular flexibility index (Phi) is 5.41. The molecule has 1 heterocycles. The van der Waals surface area contributed by atoms with Gasteiger partial charge in [0, 0.05) is 11.1 Å². The minimum atomic E-state index is -1.11. The summed E-state index contributed by atoms with van der Waals surface area (Å²) in [5, 5.41) is 31.9. The summed E-state index contributed by atoms with van der Waals surface area (Å²) in [5.41, 5.74) is -0.167. The molecule has 0 saturated heterocycles. The number of phenolic OH excluding ortho intramolecular Hbond substituents is 1. The van der Waals surface area contributed by atoms with Crippen molar-refractivity contribution in [2.45, 2.75) is 83.7 Å². The summed E-state index contributed by atoms with van der Waals surface area (Å²) < 4.78 is 7.90. The summed E-state index contributed by atoms with van der Waals surface area (Å²) in [4.78, 5) is 14.0. The van der Waals surface area contributed by atoms with Crippen molar-refractivity contribution in [3.05, 3.63) is 35.4 Å². The quantitative estimate of drug-likeness (QED) is 0.473. The van der Waals surface area contributed by atoms with Crippen molar-refractivity contribution in [2.24, 2.45) is 23.7 Å². The molecule has 3 N–H and O–H groups in total. The number of hydrogen-bond acceptors (Lipinski definition) is 5. The predicted molar refractivity (Wildman–Crippen MR) is 129 cm³/mol. The number of aromatic hydroxyl groups is 3. The van der Waals surface area contributed by atoms with Crippen molar-refractivity contribution in [3.63, 3.8) is 0 Å². The van der Waals surface area contributed by atoms with Gasteiger partial charge in [0.1, 0.15) is 11.4 Å². The van der Waals surface area contributed by atoms with E-state index in [1.54, 1.807) is 19.1 Å². The molecule has 1 atom stereocenters. The van der Waals surface area contributed by atoms with Crippen LogP contribution in [0.4, 0.5) is 0 Å². The van der Waals surface area contributed by atoms with Gasteiger partial charge in [-0.2, -0.15) is 0 Å². The van der Waals surface area contributed by atoms with Crippen LogP contribution < -0.4 is 0 Å². The Balaban J connectivity index is 1.52. The number of phenols is 1. The first kappa shape index (κ1) is 23.1. The Hall–Kier alpha value is -2.63. The van der Waals surface area contributed by atoms with E-state index >= 15 is 0 Å². The second-order valence-electron chi connectivity index (χ2n) is 11.2. The molecular formula is C28H37NO5. The van der Waals surface area contributed by atoms with Gasteiger partial charge in [0.05, 0.1) is 11.1 Å². The van der Waals surface area contributed by atoms with Crippen LogP contribution in [0.3, 0.4) is 0 Å². The van der Waals surface area contributed by atoms with Crippen LogP contribution in [-0.4, -0.2) is 31.5 Å². The Bertz CT molecular complexity index is 1070. The van der Waals surface area contributed by atoms with Crippen LogP contribution in [-0.2, 0) is 14.9 Å². The molecule has 0 radical (unpaired) electrons. The maximum atomic E-state index is 14.0. The number of carbonyl (C=O) groups excluding carboxylic acids is 1. The molecule has 6 rings (SSSR count). The van der Waals surface area contributed by atoms with Gasteiger partial charge in [-0.1, -0.05) is 13.8 Å². The van der Waals surface area contributed by atoms with Gasteiger partial charge in [-0.3, -0.25) is 9.36 Å². The minimum absolute atomic E-state index is 0.0920. The summed E-state index contributed by atoms with van der Waals surface area (Å²) in [6, 6.07) is 6.21. The van der Waals surface area contributed by atoms with Gasteiger partial charge in [0.2, 0.25) is 11.8 Å². The Morgan fingerprint density at radius 2 is 1.56 bits per heavy atom. The molecule has 1 aromatic carbocycles. The van der Waals surface area contributed by atoms with Gasteiger partial charge in [-0.15, -0.1) is 0 Å². The normalized spacial score (nSPS) is 31.4. The van der Waals surface area contributed by atoms with E-state index in [4.69, 9.17) is 4.74 Å². The second kappa shape index (κ2) is 7.96. The van der Waals surface area contributed by atoms with Gasteiger partial charge in [-0.25, -0.2) is 0 Å². The first-order chi connectivity index (χ1) is 16.1. The van der Waals surface area contributed by atoms with Crippen molar-refractivity contribution in [1.29, 1.82) is 0 Å². The number of benzene rings is 1. The zero-order valence-electron chi connectivity index (χ0n) is 20.7. The molecule has 1 unspecified atom stereocenters. The van der Waals surface area contributed by atoms with Gasteiger partial charge in [-0.05, 0) is 107 Å². The first-order valence-corrected chi connectivity index (χ1v) is 12.8. The number of aromatic nitrogens is 1. The molecule has 0 spiro atoms. The van der Waals surface area contributed by atoms with E-state index in [0.29, 0.717) is 35.1 Å². The topological polar surface area (TPSA) is 91.9 Å². The third kappa shape index (κ3) is 3.17. The number of esters is 1. The van der Waals surface area contributed by atoms with Gasteiger partial charge < -0.3 is 20.1 Å². The molecule has 4 bridgehead atoms. The number of carbonyl (C=O) groups is 1. The molecule has 0 amide bonds. The van der Waals surface area contributed by atoms with Crippen molar-refractivity contribution < 1.29 is 24.9 Å². The smallest absolute Gasteiger partial charge is 0.317 e. The lowest BCUT2D eigenvalue weighted by Crippen LogP contribution is -2.60. The highest BCUT2D eigenvalue weighted by molar-refractivity contribution is 5.85. The summed E-state index contributed by atoms with van der Waals surface area (Å²) in [6.45, 7) is 7.61. The lowest BCUT2D eigenvalue weighted by atomic mass is 9.49. The highest BCUT2D eigenvalue weighted by Gasteiger charge is 2.59. The standard InChI is InChI=1S/C28H37NO5/c1-5-27(4,23-16(3)24(31)29(25(23)32)21-7-9-22(30)10-8-21)26(33)34-28(6-2)19-12-17-11-18(14-19)15-20(28)13-17/h7-10,17-20,30-32H,5-6,11-15H2,1-4H3. The van der Waals surface area contributed by atoms with Gasteiger partial charge in [0.25, 0.3) is 0 Å². The number of hydrogen-bond donors (Lipinski definition) is 3. The molecule has 4 saturated carbocycles. The van der Waals surface area contributed by atoms with Crippen LogP contribution in [0.15, 0.2) is 24.3 Å². The molecule has 0 aliphatic heterocycles. The fourth-order valence-corrected chi connectivity index (χ4v) is 7.67. The van der Waals surface area contributed by atoms with E-state index in [2.05, 4.69) is 6.92 Å². The molecule has 4 aliphatic rings. The molecular weight excluding hydrogens is 430 g/mol. The van der Waals surface area contributed by atoms with Crippen molar-refractivity contribution in [2.75, 3.05) is 0 Å². The van der Waals surface area contributed by atoms with Crippen LogP contribution in [0.5, 0.6) is 17.5 Å². The van der Waals surface area contributed by atoms with E-state index in [-0.39, 0.29) is 23.5 Å². The SMILES string of the molecule is CCC(C)(C(=O)OC1(CC)C2CC3CC(C2)CC1C3)c1c(C)c(O)n(-c2ccc(O)cc2)c1O. The third-order valence-corrected chi connectivity index (χ3v) is 9.53. The van der Waals surface area contributed by atoms with Crippen molar-refractivity contribution in [1.82, 2.24) is 4.57 Å². The highest BCUT2D eigenvalue weighted by Crippen LogP contribution is 2.61. The maximum Gasteiger partial charge on any atom is 0.317 e. The summed E-state index contributed by atoms with van der Waals surface area (Å²) >= 11 is 0. The van der Waals surface area contributed by atoms with Crippen LogP contribution in [0.1, 0.15) is 76.8 Å². The van der Waals surface area contributed by atoms with Crippen LogP contribution in [0.25, 0.3) is 5.69 Å². The average Bonchev–Trinajstić information content (AvgIpc) is 3.04. The number of nitrogens with zero attached hydrogens (tertiary/aromatic N) is 1. The average molecular weight is 468 g/mol. The lowest BCUT2D eigenvalue weighted by molar-refractivity contribution is -0.215. The lowest BCUT2D eigenvalue weighted by Gasteiger charge is -2.60. The van der Waals surface area contributed by atoms with E-state index < -0.39 is 11.0 Å². The molecule has 34 heavy (non-hydrogen) atoms. The molecule has 184 valence electrons. The van der Waals surface area contributed by atoms with Crippen LogP contribution in [0, 0.1) is 30.6 Å². The minimum Gasteiger partial charge on any atom is -0.508 e. The zero-order valence-corrected chi connectivity index (χ0v) is 20.7. The van der Waals surface area contributed by atoms with E-state index in [0.717, 1.165) is 43.9 Å². The van der Waals surface area contributed by atoms with E-state index in [1.165, 1.54) is 23.1 Å². The fraction of sp³-hybridized carbons (Fsp3) is 0.607. The molecule has 6 heteroatoms. The Morgan fingerprint density at radius 1 is 1.00 bits per heavy atom. The van der Waals surface area contributed by atoms with Crippen LogP contribution >= 0.6 is 0 Å². The summed E-state index contributed by atoms with van der Waals surface area (Å²) in [6.07, 6.45) is 7.19. The number of ether oxygens (including phenoxy) is 1.